The Morgan fingerprint density at radius 2 is 2.20 bits per heavy atom. The number of nitro benzene ring substituents is 1. The van der Waals surface area contributed by atoms with Crippen LogP contribution < -0.4 is 5.32 Å². The minimum Gasteiger partial charge on any atom is -0.376 e. The maximum atomic E-state index is 14.0. The number of hydrogen-bond acceptors (Lipinski definition) is 4. The van der Waals surface area contributed by atoms with Gasteiger partial charge in [0.05, 0.1) is 11.0 Å². The van der Waals surface area contributed by atoms with E-state index in [-0.39, 0.29) is 12.1 Å². The van der Waals surface area contributed by atoms with E-state index in [1.807, 2.05) is 0 Å². The molecule has 1 saturated carbocycles. The quantitative estimate of drug-likeness (QED) is 0.664. The van der Waals surface area contributed by atoms with Crippen LogP contribution in [0.2, 0.25) is 0 Å². The molecule has 2 atom stereocenters. The zero-order valence-corrected chi connectivity index (χ0v) is 11.0. The van der Waals surface area contributed by atoms with E-state index in [9.17, 15) is 14.5 Å². The summed E-state index contributed by atoms with van der Waals surface area (Å²) in [5, 5.41) is 14.0. The van der Waals surface area contributed by atoms with Gasteiger partial charge < -0.3 is 10.1 Å². The first kappa shape index (κ1) is 13.5. The van der Waals surface area contributed by atoms with Crippen LogP contribution in [0.3, 0.4) is 0 Å². The number of rotatable bonds is 5. The Labute approximate surface area is 116 Å². The second-order valence-electron chi connectivity index (χ2n) is 5.46. The highest BCUT2D eigenvalue weighted by atomic mass is 19.1. The largest absolute Gasteiger partial charge is 0.376 e. The van der Waals surface area contributed by atoms with E-state index in [2.05, 4.69) is 5.32 Å². The van der Waals surface area contributed by atoms with Gasteiger partial charge in [0, 0.05) is 30.8 Å². The molecule has 108 valence electrons. The van der Waals surface area contributed by atoms with Gasteiger partial charge in [0.2, 0.25) is 5.82 Å². The first-order valence-electron chi connectivity index (χ1n) is 6.93. The van der Waals surface area contributed by atoms with Gasteiger partial charge in [-0.05, 0) is 25.2 Å². The van der Waals surface area contributed by atoms with Crippen molar-refractivity contribution in [1.29, 1.82) is 0 Å². The average Bonchev–Trinajstić information content (AvgIpc) is 3.16. The molecule has 0 aromatic heterocycles. The van der Waals surface area contributed by atoms with Crippen LogP contribution in [0.15, 0.2) is 18.2 Å². The number of hydrogen-bond donors (Lipinski definition) is 1. The van der Waals surface area contributed by atoms with E-state index in [0.29, 0.717) is 18.0 Å². The summed E-state index contributed by atoms with van der Waals surface area (Å²) >= 11 is 0. The Morgan fingerprint density at radius 3 is 2.90 bits per heavy atom. The number of halogens is 1. The maximum absolute atomic E-state index is 14.0. The van der Waals surface area contributed by atoms with Crippen molar-refractivity contribution in [2.75, 3.05) is 6.61 Å². The van der Waals surface area contributed by atoms with Gasteiger partial charge in [-0.1, -0.05) is 12.1 Å². The number of benzene rings is 1. The summed E-state index contributed by atoms with van der Waals surface area (Å²) < 4.78 is 19.7. The fraction of sp³-hybridized carbons (Fsp3) is 0.571. The van der Waals surface area contributed by atoms with E-state index in [1.54, 1.807) is 6.07 Å². The van der Waals surface area contributed by atoms with Crippen LogP contribution in [-0.2, 0) is 11.3 Å². The van der Waals surface area contributed by atoms with Crippen LogP contribution in [0.25, 0.3) is 0 Å². The van der Waals surface area contributed by atoms with Gasteiger partial charge in [0.15, 0.2) is 0 Å². The molecule has 5 nitrogen and oxygen atoms in total. The van der Waals surface area contributed by atoms with Crippen molar-refractivity contribution in [1.82, 2.24) is 5.32 Å². The van der Waals surface area contributed by atoms with Crippen LogP contribution in [-0.4, -0.2) is 23.7 Å². The molecule has 0 bridgehead atoms. The summed E-state index contributed by atoms with van der Waals surface area (Å²) in [6, 6.07) is 4.50. The average molecular weight is 280 g/mol. The lowest BCUT2D eigenvalue weighted by Gasteiger charge is -2.19. The number of nitrogens with one attached hydrogen (secondary N) is 1. The van der Waals surface area contributed by atoms with E-state index in [1.165, 1.54) is 25.0 Å². The van der Waals surface area contributed by atoms with Gasteiger partial charge in [-0.25, -0.2) is 0 Å². The van der Waals surface area contributed by atoms with E-state index in [4.69, 9.17) is 4.74 Å². The molecular weight excluding hydrogens is 263 g/mol. The summed E-state index contributed by atoms with van der Waals surface area (Å²) in [6.45, 7) is 1.03. The SMILES string of the molecule is O=[N+]([O-])c1cccc(CNC2CCOC2C2CC2)c1F. The molecule has 3 rings (SSSR count). The molecule has 1 aromatic carbocycles. The smallest absolute Gasteiger partial charge is 0.305 e. The maximum Gasteiger partial charge on any atom is 0.305 e. The van der Waals surface area contributed by atoms with Crippen molar-refractivity contribution in [3.63, 3.8) is 0 Å². The zero-order valence-electron chi connectivity index (χ0n) is 11.0. The molecule has 1 N–H and O–H groups in total. The molecule has 2 fully saturated rings. The van der Waals surface area contributed by atoms with Crippen molar-refractivity contribution in [2.24, 2.45) is 5.92 Å². The normalized spacial score (nSPS) is 25.9. The van der Waals surface area contributed by atoms with Crippen molar-refractivity contribution >= 4 is 5.69 Å². The molecule has 1 saturated heterocycles. The topological polar surface area (TPSA) is 64.4 Å². The van der Waals surface area contributed by atoms with E-state index in [0.717, 1.165) is 13.0 Å². The van der Waals surface area contributed by atoms with Crippen molar-refractivity contribution in [3.8, 4) is 0 Å². The summed E-state index contributed by atoms with van der Waals surface area (Å²) in [5.41, 5.74) is -0.133. The van der Waals surface area contributed by atoms with Crippen molar-refractivity contribution < 1.29 is 14.1 Å². The summed E-state index contributed by atoms with van der Waals surface area (Å²) in [7, 11) is 0. The lowest BCUT2D eigenvalue weighted by Crippen LogP contribution is -2.37. The molecule has 1 aromatic rings. The lowest BCUT2D eigenvalue weighted by atomic mass is 10.1. The van der Waals surface area contributed by atoms with Gasteiger partial charge in [-0.15, -0.1) is 0 Å². The van der Waals surface area contributed by atoms with E-state index < -0.39 is 16.4 Å². The summed E-state index contributed by atoms with van der Waals surface area (Å²) in [6.07, 6.45) is 3.54. The Kier molecular flexibility index (Phi) is 3.67. The third-order valence-electron chi connectivity index (χ3n) is 4.03. The monoisotopic (exact) mass is 280 g/mol. The van der Waals surface area contributed by atoms with Crippen LogP contribution in [0.1, 0.15) is 24.8 Å². The van der Waals surface area contributed by atoms with Gasteiger partial charge in [-0.2, -0.15) is 4.39 Å². The highest BCUT2D eigenvalue weighted by Crippen LogP contribution is 2.38. The molecule has 2 aliphatic rings. The summed E-state index contributed by atoms with van der Waals surface area (Å²) in [4.78, 5) is 10.0. The molecule has 20 heavy (non-hydrogen) atoms. The van der Waals surface area contributed by atoms with Crippen LogP contribution in [0, 0.1) is 21.8 Å². The number of nitro groups is 1. The first-order chi connectivity index (χ1) is 9.66. The summed E-state index contributed by atoms with van der Waals surface area (Å²) in [5.74, 6) is -0.114. The molecule has 1 aliphatic carbocycles. The van der Waals surface area contributed by atoms with E-state index >= 15 is 0 Å². The van der Waals surface area contributed by atoms with Crippen molar-refractivity contribution in [2.45, 2.75) is 38.0 Å². The second-order valence-corrected chi connectivity index (χ2v) is 5.46. The Morgan fingerprint density at radius 1 is 1.40 bits per heavy atom. The van der Waals surface area contributed by atoms with Gasteiger partial charge in [0.25, 0.3) is 0 Å². The van der Waals surface area contributed by atoms with Gasteiger partial charge in [0.1, 0.15) is 0 Å². The minimum atomic E-state index is -0.744. The Balaban J connectivity index is 1.66. The third kappa shape index (κ3) is 2.66. The predicted octanol–water partition coefficient (Wildman–Crippen LogP) is 2.39. The van der Waals surface area contributed by atoms with Crippen LogP contribution >= 0.6 is 0 Å². The standard InChI is InChI=1S/C14H17FN2O3/c15-13-10(2-1-3-12(13)17(18)19)8-16-11-6-7-20-14(11)9-4-5-9/h1-3,9,11,14,16H,4-8H2. The fourth-order valence-corrected chi connectivity index (χ4v) is 2.80. The first-order valence-corrected chi connectivity index (χ1v) is 6.93. The Bertz CT molecular complexity index is 519. The lowest BCUT2D eigenvalue weighted by molar-refractivity contribution is -0.387. The molecular formula is C14H17FN2O3. The fourth-order valence-electron chi connectivity index (χ4n) is 2.80. The molecule has 1 aliphatic heterocycles. The minimum absolute atomic E-state index is 0.219. The highest BCUT2D eigenvalue weighted by molar-refractivity contribution is 5.36. The van der Waals surface area contributed by atoms with Gasteiger partial charge in [-0.3, -0.25) is 10.1 Å². The molecule has 0 spiro atoms. The number of nitrogens with zero attached hydrogens (tertiary/aromatic N) is 1. The number of ether oxygens (including phenoxy) is 1. The van der Waals surface area contributed by atoms with Crippen LogP contribution in [0.4, 0.5) is 10.1 Å². The molecule has 6 heteroatoms. The Hall–Kier alpha value is -1.53. The molecule has 0 radical (unpaired) electrons. The molecule has 2 unspecified atom stereocenters. The third-order valence-corrected chi connectivity index (χ3v) is 4.03. The predicted molar refractivity (Wildman–Crippen MR) is 70.8 cm³/mol. The zero-order chi connectivity index (χ0) is 14.1. The highest BCUT2D eigenvalue weighted by Gasteiger charge is 2.40. The van der Waals surface area contributed by atoms with Gasteiger partial charge >= 0.3 is 5.69 Å². The van der Waals surface area contributed by atoms with Crippen molar-refractivity contribution in [3.05, 3.63) is 39.7 Å². The second kappa shape index (κ2) is 5.46. The molecule has 1 heterocycles. The molecule has 0 amide bonds. The van der Waals surface area contributed by atoms with Crippen LogP contribution in [0.5, 0.6) is 0 Å².